The fraction of sp³-hybridized carbons (Fsp3) is 0.138. The highest BCUT2D eigenvalue weighted by Gasteiger charge is 2.12. The van der Waals surface area contributed by atoms with Crippen molar-refractivity contribution in [2.75, 3.05) is 27.2 Å². The lowest BCUT2D eigenvalue weighted by atomic mass is 10.1. The highest BCUT2D eigenvalue weighted by molar-refractivity contribution is 5.95. The van der Waals surface area contributed by atoms with Crippen LogP contribution in [0.5, 0.6) is 11.5 Å². The van der Waals surface area contributed by atoms with E-state index in [1.165, 1.54) is 0 Å². The molecular weight excluding hydrogens is 450 g/mol. The third kappa shape index (κ3) is 5.26. The van der Waals surface area contributed by atoms with E-state index in [1.54, 1.807) is 6.20 Å². The number of ether oxygens (including phenoxy) is 1. The van der Waals surface area contributed by atoms with E-state index >= 15 is 0 Å². The van der Waals surface area contributed by atoms with Gasteiger partial charge in [-0.3, -0.25) is 4.79 Å². The predicted octanol–water partition coefficient (Wildman–Crippen LogP) is 5.15. The predicted molar refractivity (Wildman–Crippen MR) is 141 cm³/mol. The maximum absolute atomic E-state index is 12.6. The van der Waals surface area contributed by atoms with Gasteiger partial charge >= 0.3 is 0 Å². The minimum absolute atomic E-state index is 0.101. The molecule has 2 aromatic heterocycles. The van der Waals surface area contributed by atoms with Crippen LogP contribution >= 0.6 is 0 Å². The number of hydrogen-bond acceptors (Lipinski definition) is 5. The summed E-state index contributed by atoms with van der Waals surface area (Å²) in [4.78, 5) is 19.2. The van der Waals surface area contributed by atoms with Crippen LogP contribution in [0.4, 0.5) is 0 Å². The molecule has 7 heteroatoms. The number of carbonyl (C=O) groups is 1. The molecule has 1 N–H and O–H groups in total. The molecule has 5 aromatic rings. The van der Waals surface area contributed by atoms with E-state index < -0.39 is 0 Å². The quantitative estimate of drug-likeness (QED) is 0.335. The molecule has 0 aliphatic rings. The van der Waals surface area contributed by atoms with Crippen molar-refractivity contribution in [3.05, 3.63) is 103 Å². The number of aromatic nitrogens is 3. The molecule has 0 bridgehead atoms. The molecule has 0 aliphatic heterocycles. The molecule has 0 spiro atoms. The Hall–Kier alpha value is -4.49. The second-order valence-corrected chi connectivity index (χ2v) is 8.71. The van der Waals surface area contributed by atoms with E-state index in [1.807, 2.05) is 115 Å². The number of amides is 1. The van der Waals surface area contributed by atoms with Gasteiger partial charge in [0.05, 0.1) is 17.6 Å². The topological polar surface area (TPSA) is 71.8 Å². The molecule has 3 aromatic carbocycles. The maximum atomic E-state index is 12.6. The molecule has 0 atom stereocenters. The van der Waals surface area contributed by atoms with Crippen molar-refractivity contribution in [2.24, 2.45) is 0 Å². The zero-order valence-corrected chi connectivity index (χ0v) is 20.3. The molecule has 2 heterocycles. The van der Waals surface area contributed by atoms with Crippen LogP contribution in [0.25, 0.3) is 28.2 Å². The van der Waals surface area contributed by atoms with Crippen molar-refractivity contribution in [3.8, 4) is 34.0 Å². The zero-order valence-electron chi connectivity index (χ0n) is 20.3. The number of carbonyl (C=O) groups excluding carboxylic acids is 1. The number of rotatable bonds is 8. The number of fused-ring (bicyclic) bond motifs is 1. The van der Waals surface area contributed by atoms with E-state index in [4.69, 9.17) is 9.84 Å². The molecule has 180 valence electrons. The highest BCUT2D eigenvalue weighted by Crippen LogP contribution is 2.28. The fourth-order valence-electron chi connectivity index (χ4n) is 3.88. The van der Waals surface area contributed by atoms with Gasteiger partial charge in [0.2, 0.25) is 0 Å². The van der Waals surface area contributed by atoms with Gasteiger partial charge in [-0.25, -0.2) is 9.50 Å². The van der Waals surface area contributed by atoms with E-state index in [0.29, 0.717) is 12.1 Å². The lowest BCUT2D eigenvalue weighted by molar-refractivity contribution is 0.0951. The summed E-state index contributed by atoms with van der Waals surface area (Å²) in [6, 6.07) is 28.9. The number of para-hydroxylation sites is 1. The van der Waals surface area contributed by atoms with Gasteiger partial charge in [-0.1, -0.05) is 42.5 Å². The first kappa shape index (κ1) is 23.3. The van der Waals surface area contributed by atoms with E-state index in [9.17, 15) is 4.79 Å². The normalized spacial score (nSPS) is 11.1. The van der Waals surface area contributed by atoms with E-state index in [-0.39, 0.29) is 5.91 Å². The van der Waals surface area contributed by atoms with Crippen LogP contribution in [0.3, 0.4) is 0 Å². The number of nitrogens with one attached hydrogen (secondary N) is 1. The molecule has 36 heavy (non-hydrogen) atoms. The Balaban J connectivity index is 1.43. The molecule has 0 radical (unpaired) electrons. The monoisotopic (exact) mass is 477 g/mol. The smallest absolute Gasteiger partial charge is 0.251 e. The molecule has 0 aliphatic carbocycles. The number of hydrogen-bond donors (Lipinski definition) is 1. The lowest BCUT2D eigenvalue weighted by Crippen LogP contribution is -2.31. The van der Waals surface area contributed by atoms with E-state index in [0.717, 1.165) is 46.2 Å². The van der Waals surface area contributed by atoms with Crippen molar-refractivity contribution in [1.29, 1.82) is 0 Å². The van der Waals surface area contributed by atoms with Crippen LogP contribution in [0.2, 0.25) is 0 Å². The maximum Gasteiger partial charge on any atom is 0.251 e. The Morgan fingerprint density at radius 1 is 0.889 bits per heavy atom. The van der Waals surface area contributed by atoms with Crippen molar-refractivity contribution in [3.63, 3.8) is 0 Å². The van der Waals surface area contributed by atoms with Crippen molar-refractivity contribution < 1.29 is 9.53 Å². The first-order valence-electron chi connectivity index (χ1n) is 11.8. The molecule has 0 saturated carbocycles. The van der Waals surface area contributed by atoms with Crippen LogP contribution in [0, 0.1) is 0 Å². The molecule has 0 saturated heterocycles. The minimum atomic E-state index is -0.101. The summed E-state index contributed by atoms with van der Waals surface area (Å²) in [5, 5.41) is 7.83. The average Bonchev–Trinajstić information content (AvgIpc) is 3.33. The first-order chi connectivity index (χ1) is 17.6. The molecule has 0 fully saturated rings. The average molecular weight is 478 g/mol. The Bertz CT molecular complexity index is 1490. The Morgan fingerprint density at radius 3 is 2.50 bits per heavy atom. The summed E-state index contributed by atoms with van der Waals surface area (Å²) in [5.41, 5.74) is 4.73. The summed E-state index contributed by atoms with van der Waals surface area (Å²) < 4.78 is 7.80. The van der Waals surface area contributed by atoms with Crippen molar-refractivity contribution in [2.45, 2.75) is 0 Å². The second kappa shape index (κ2) is 10.4. The van der Waals surface area contributed by atoms with Crippen LogP contribution in [0.1, 0.15) is 10.4 Å². The number of nitrogens with zero attached hydrogens (tertiary/aromatic N) is 4. The third-order valence-electron chi connectivity index (χ3n) is 5.74. The molecule has 5 rings (SSSR count). The lowest BCUT2D eigenvalue weighted by Gasteiger charge is -2.11. The third-order valence-corrected chi connectivity index (χ3v) is 5.74. The van der Waals surface area contributed by atoms with Gasteiger partial charge in [-0.15, -0.1) is 0 Å². The van der Waals surface area contributed by atoms with Gasteiger partial charge in [0.25, 0.3) is 5.91 Å². The van der Waals surface area contributed by atoms with Crippen molar-refractivity contribution in [1.82, 2.24) is 24.8 Å². The van der Waals surface area contributed by atoms with Gasteiger partial charge < -0.3 is 15.0 Å². The van der Waals surface area contributed by atoms with Gasteiger partial charge in [0.15, 0.2) is 5.65 Å². The number of likely N-dealkylation sites (N-methyl/N-ethyl adjacent to an activating group) is 1. The summed E-state index contributed by atoms with van der Waals surface area (Å²) in [5.74, 6) is 1.41. The van der Waals surface area contributed by atoms with Crippen LogP contribution in [-0.4, -0.2) is 52.6 Å². The minimum Gasteiger partial charge on any atom is -0.457 e. The standard InChI is InChI=1S/C29H27N5O2/c1-33(2)17-16-30-29(35)23-10-6-9-22(18-23)27-20-31-28-15-14-26(32-34(27)28)21-8-7-13-25(19-21)36-24-11-4-3-5-12-24/h3-15,18-20H,16-17H2,1-2H3,(H,30,35). The highest BCUT2D eigenvalue weighted by atomic mass is 16.5. The van der Waals surface area contributed by atoms with Gasteiger partial charge in [-0.2, -0.15) is 5.10 Å². The summed E-state index contributed by atoms with van der Waals surface area (Å²) in [7, 11) is 3.96. The van der Waals surface area contributed by atoms with Crippen LogP contribution in [0.15, 0.2) is 97.2 Å². The second-order valence-electron chi connectivity index (χ2n) is 8.71. The molecule has 7 nitrogen and oxygen atoms in total. The van der Waals surface area contributed by atoms with Crippen LogP contribution in [-0.2, 0) is 0 Å². The number of benzene rings is 3. The summed E-state index contributed by atoms with van der Waals surface area (Å²) >= 11 is 0. The Kier molecular flexibility index (Phi) is 6.73. The first-order valence-corrected chi connectivity index (χ1v) is 11.8. The van der Waals surface area contributed by atoms with E-state index in [2.05, 4.69) is 10.3 Å². The Labute approximate surface area is 210 Å². The molecular formula is C29H27N5O2. The fourth-order valence-corrected chi connectivity index (χ4v) is 3.88. The SMILES string of the molecule is CN(C)CCNC(=O)c1cccc(-c2cnc3ccc(-c4cccc(Oc5ccccc5)c4)nn23)c1. The zero-order chi connectivity index (χ0) is 24.9. The van der Waals surface area contributed by atoms with Gasteiger partial charge in [0.1, 0.15) is 11.5 Å². The van der Waals surface area contributed by atoms with Crippen LogP contribution < -0.4 is 10.1 Å². The molecule has 0 unspecified atom stereocenters. The van der Waals surface area contributed by atoms with Crippen molar-refractivity contribution >= 4 is 11.6 Å². The molecule has 1 amide bonds. The summed E-state index contributed by atoms with van der Waals surface area (Å²) in [6.45, 7) is 1.37. The largest absolute Gasteiger partial charge is 0.457 e. The van der Waals surface area contributed by atoms with Gasteiger partial charge in [-0.05, 0) is 62.6 Å². The summed E-state index contributed by atoms with van der Waals surface area (Å²) in [6.07, 6.45) is 1.78. The Morgan fingerprint density at radius 2 is 1.67 bits per heavy atom. The van der Waals surface area contributed by atoms with Gasteiger partial charge in [0, 0.05) is 29.8 Å². The number of imidazole rings is 1.